The third-order valence-electron chi connectivity index (χ3n) is 3.30. The first-order valence-corrected chi connectivity index (χ1v) is 7.70. The molecular weight excluding hydrogens is 292 g/mol. The Kier molecular flexibility index (Phi) is 4.85. The van der Waals surface area contributed by atoms with Crippen molar-refractivity contribution in [1.29, 1.82) is 0 Å². The van der Waals surface area contributed by atoms with Gasteiger partial charge in [-0.15, -0.1) is 11.8 Å². The molecule has 2 rings (SSSR count). The van der Waals surface area contributed by atoms with Crippen molar-refractivity contribution in [2.24, 2.45) is 0 Å². The topological polar surface area (TPSA) is 86.7 Å². The molecule has 0 saturated carbocycles. The van der Waals surface area contributed by atoms with Crippen LogP contribution >= 0.6 is 11.8 Å². The third-order valence-corrected chi connectivity index (χ3v) is 4.04. The number of amides is 2. The monoisotopic (exact) mass is 308 g/mol. The van der Waals surface area contributed by atoms with Gasteiger partial charge in [0.25, 0.3) is 5.91 Å². The zero-order valence-electron chi connectivity index (χ0n) is 11.5. The van der Waals surface area contributed by atoms with Gasteiger partial charge in [0, 0.05) is 23.5 Å². The Morgan fingerprint density at radius 3 is 2.62 bits per heavy atom. The number of carboxylic acid groups (broad SMARTS) is 1. The van der Waals surface area contributed by atoms with E-state index in [9.17, 15) is 14.4 Å². The number of rotatable bonds is 4. The first-order chi connectivity index (χ1) is 10.0. The van der Waals surface area contributed by atoms with Crippen molar-refractivity contribution in [2.45, 2.75) is 17.4 Å². The second kappa shape index (κ2) is 6.62. The SMILES string of the molecule is CSc1ccc(C(=O)N2CCNC(=O)C2CC(=O)O)cc1. The van der Waals surface area contributed by atoms with Crippen LogP contribution in [-0.2, 0) is 9.59 Å². The summed E-state index contributed by atoms with van der Waals surface area (Å²) >= 11 is 1.57. The number of piperazine rings is 1. The smallest absolute Gasteiger partial charge is 0.305 e. The number of thioether (sulfide) groups is 1. The third kappa shape index (κ3) is 3.55. The molecule has 0 spiro atoms. The normalized spacial score (nSPS) is 18.2. The number of nitrogens with zero attached hydrogens (tertiary/aromatic N) is 1. The lowest BCUT2D eigenvalue weighted by molar-refractivity contribution is -0.142. The number of nitrogens with one attached hydrogen (secondary N) is 1. The van der Waals surface area contributed by atoms with Gasteiger partial charge in [0.05, 0.1) is 6.42 Å². The first-order valence-electron chi connectivity index (χ1n) is 6.47. The van der Waals surface area contributed by atoms with Crippen LogP contribution in [0.1, 0.15) is 16.8 Å². The lowest BCUT2D eigenvalue weighted by Gasteiger charge is -2.34. The van der Waals surface area contributed by atoms with Crippen molar-refractivity contribution in [2.75, 3.05) is 19.3 Å². The van der Waals surface area contributed by atoms with Gasteiger partial charge in [-0.2, -0.15) is 0 Å². The minimum absolute atomic E-state index is 0.312. The number of carbonyl (C=O) groups is 3. The van der Waals surface area contributed by atoms with Gasteiger partial charge >= 0.3 is 5.97 Å². The molecule has 1 aliphatic heterocycles. The summed E-state index contributed by atoms with van der Waals surface area (Å²) in [6, 6.07) is 6.09. The van der Waals surface area contributed by atoms with Crippen molar-refractivity contribution in [3.05, 3.63) is 29.8 Å². The fraction of sp³-hybridized carbons (Fsp3) is 0.357. The predicted molar refractivity (Wildman–Crippen MR) is 78.3 cm³/mol. The van der Waals surface area contributed by atoms with Crippen molar-refractivity contribution in [3.63, 3.8) is 0 Å². The van der Waals surface area contributed by atoms with Crippen LogP contribution in [0.5, 0.6) is 0 Å². The van der Waals surface area contributed by atoms with E-state index in [2.05, 4.69) is 5.32 Å². The molecule has 0 radical (unpaired) electrons. The number of hydrogen-bond donors (Lipinski definition) is 2. The molecule has 1 unspecified atom stereocenters. The molecule has 1 heterocycles. The van der Waals surface area contributed by atoms with E-state index in [-0.39, 0.29) is 12.3 Å². The van der Waals surface area contributed by atoms with Crippen LogP contribution in [0.2, 0.25) is 0 Å². The van der Waals surface area contributed by atoms with E-state index in [1.54, 1.807) is 23.9 Å². The molecule has 2 N–H and O–H groups in total. The zero-order valence-corrected chi connectivity index (χ0v) is 12.4. The second-order valence-electron chi connectivity index (χ2n) is 4.63. The molecule has 0 aliphatic carbocycles. The van der Waals surface area contributed by atoms with Crippen molar-refractivity contribution in [3.8, 4) is 0 Å². The molecular formula is C14H16N2O4S. The van der Waals surface area contributed by atoms with Gasteiger partial charge in [-0.25, -0.2) is 0 Å². The summed E-state index contributed by atoms with van der Waals surface area (Å²) in [4.78, 5) is 37.5. The summed E-state index contributed by atoms with van der Waals surface area (Å²) < 4.78 is 0. The van der Waals surface area contributed by atoms with Crippen LogP contribution in [0.3, 0.4) is 0 Å². The van der Waals surface area contributed by atoms with Crippen LogP contribution in [-0.4, -0.2) is 53.2 Å². The van der Waals surface area contributed by atoms with E-state index in [0.29, 0.717) is 18.7 Å². The maximum atomic E-state index is 12.5. The quantitative estimate of drug-likeness (QED) is 0.804. The van der Waals surface area contributed by atoms with Crippen molar-refractivity contribution < 1.29 is 19.5 Å². The summed E-state index contributed by atoms with van der Waals surface area (Å²) in [7, 11) is 0. The first kappa shape index (κ1) is 15.4. The van der Waals surface area contributed by atoms with Crippen LogP contribution in [0.25, 0.3) is 0 Å². The van der Waals surface area contributed by atoms with Crippen LogP contribution in [0, 0.1) is 0 Å². The lowest BCUT2D eigenvalue weighted by Crippen LogP contribution is -2.57. The van der Waals surface area contributed by atoms with Crippen LogP contribution < -0.4 is 5.32 Å². The van der Waals surface area contributed by atoms with Gasteiger partial charge in [-0.3, -0.25) is 14.4 Å². The van der Waals surface area contributed by atoms with Crippen LogP contribution in [0.4, 0.5) is 0 Å². The number of carboxylic acids is 1. The molecule has 112 valence electrons. The summed E-state index contributed by atoms with van der Waals surface area (Å²) in [6.45, 7) is 0.649. The Hall–Kier alpha value is -2.02. The van der Waals surface area contributed by atoms with E-state index in [0.717, 1.165) is 4.90 Å². The number of aliphatic carboxylic acids is 1. The highest BCUT2D eigenvalue weighted by Crippen LogP contribution is 2.18. The largest absolute Gasteiger partial charge is 0.481 e. The predicted octanol–water partition coefficient (Wildman–Crippen LogP) is 0.824. The van der Waals surface area contributed by atoms with Crippen molar-refractivity contribution >= 4 is 29.5 Å². The Morgan fingerprint density at radius 1 is 1.38 bits per heavy atom. The Labute approximate surface area is 126 Å². The molecule has 1 fully saturated rings. The molecule has 7 heteroatoms. The molecule has 1 aromatic rings. The molecule has 0 bridgehead atoms. The van der Waals surface area contributed by atoms with Gasteiger partial charge in [0.15, 0.2) is 0 Å². The van der Waals surface area contributed by atoms with Gasteiger partial charge in [-0.05, 0) is 30.5 Å². The second-order valence-corrected chi connectivity index (χ2v) is 5.51. The standard InChI is InChI=1S/C14H16N2O4S/c1-21-10-4-2-9(3-5-10)14(20)16-7-6-15-13(19)11(16)8-12(17)18/h2-5,11H,6-8H2,1H3,(H,15,19)(H,17,18). The fourth-order valence-corrected chi connectivity index (χ4v) is 2.63. The molecule has 2 amide bonds. The molecule has 0 aromatic heterocycles. The Balaban J connectivity index is 2.21. The minimum atomic E-state index is -1.10. The minimum Gasteiger partial charge on any atom is -0.481 e. The van der Waals surface area contributed by atoms with Gasteiger partial charge < -0.3 is 15.3 Å². The van der Waals surface area contributed by atoms with Gasteiger partial charge in [0.2, 0.25) is 5.91 Å². The van der Waals surface area contributed by atoms with Gasteiger partial charge in [-0.1, -0.05) is 0 Å². The molecule has 1 aliphatic rings. The number of carbonyl (C=O) groups excluding carboxylic acids is 2. The van der Waals surface area contributed by atoms with Crippen LogP contribution in [0.15, 0.2) is 29.2 Å². The van der Waals surface area contributed by atoms with E-state index in [4.69, 9.17) is 5.11 Å². The highest BCUT2D eigenvalue weighted by molar-refractivity contribution is 7.98. The molecule has 21 heavy (non-hydrogen) atoms. The highest BCUT2D eigenvalue weighted by atomic mass is 32.2. The summed E-state index contributed by atoms with van der Waals surface area (Å²) in [6.07, 6.45) is 1.55. The average molecular weight is 308 g/mol. The van der Waals surface area contributed by atoms with E-state index >= 15 is 0 Å². The highest BCUT2D eigenvalue weighted by Gasteiger charge is 2.35. The van der Waals surface area contributed by atoms with Crippen molar-refractivity contribution in [1.82, 2.24) is 10.2 Å². The van der Waals surface area contributed by atoms with Gasteiger partial charge in [0.1, 0.15) is 6.04 Å². The number of benzene rings is 1. The Bertz CT molecular complexity index is 559. The molecule has 1 saturated heterocycles. The Morgan fingerprint density at radius 2 is 2.05 bits per heavy atom. The maximum absolute atomic E-state index is 12.5. The molecule has 6 nitrogen and oxygen atoms in total. The summed E-state index contributed by atoms with van der Waals surface area (Å²) in [5, 5.41) is 11.5. The van der Waals surface area contributed by atoms with E-state index in [1.165, 1.54) is 4.90 Å². The van der Waals surface area contributed by atoms with E-state index in [1.807, 2.05) is 18.4 Å². The van der Waals surface area contributed by atoms with E-state index < -0.39 is 17.9 Å². The molecule has 1 atom stereocenters. The number of hydrogen-bond acceptors (Lipinski definition) is 4. The maximum Gasteiger partial charge on any atom is 0.305 e. The zero-order chi connectivity index (χ0) is 15.4. The molecule has 1 aromatic carbocycles. The fourth-order valence-electron chi connectivity index (χ4n) is 2.23. The average Bonchev–Trinajstić information content (AvgIpc) is 2.48. The lowest BCUT2D eigenvalue weighted by atomic mass is 10.1. The summed E-state index contributed by atoms with van der Waals surface area (Å²) in [5.74, 6) is -1.84. The summed E-state index contributed by atoms with van der Waals surface area (Å²) in [5.41, 5.74) is 0.456.